The fourth-order valence-corrected chi connectivity index (χ4v) is 3.35. The van der Waals surface area contributed by atoms with E-state index in [0.717, 1.165) is 29.9 Å². The number of nitrogens with one attached hydrogen (secondary N) is 1. The summed E-state index contributed by atoms with van der Waals surface area (Å²) in [5.74, 6) is -0.517. The molecule has 2 heterocycles. The fraction of sp³-hybridized carbons (Fsp3) is 0.238. The standard InChI is InChI=1S/C21H21ClN6O/c1-4-7-27-14(2)8-16(15(27)3)9-17(11-23)21(29)26-19-10-18(22)5-6-20(19)28-13-24-12-25-28/h5-6,8-10,12-13H,4,7H2,1-3H3,(H,26,29)/b17-9+. The zero-order valence-corrected chi connectivity index (χ0v) is 17.2. The van der Waals surface area contributed by atoms with Gasteiger partial charge in [0.2, 0.25) is 0 Å². The minimum absolute atomic E-state index is 0.00580. The lowest BCUT2D eigenvalue weighted by molar-refractivity contribution is -0.112. The topological polar surface area (TPSA) is 88.5 Å². The molecule has 1 amide bonds. The van der Waals surface area contributed by atoms with Crippen LogP contribution in [0.15, 0.2) is 42.5 Å². The van der Waals surface area contributed by atoms with Gasteiger partial charge in [-0.3, -0.25) is 4.79 Å². The molecule has 0 aliphatic rings. The van der Waals surface area contributed by atoms with Gasteiger partial charge in [-0.2, -0.15) is 10.4 Å². The van der Waals surface area contributed by atoms with E-state index in [-0.39, 0.29) is 5.57 Å². The molecule has 1 aromatic carbocycles. The van der Waals surface area contributed by atoms with Gasteiger partial charge in [0.05, 0.1) is 11.4 Å². The van der Waals surface area contributed by atoms with Crippen LogP contribution in [0.3, 0.4) is 0 Å². The molecule has 0 atom stereocenters. The van der Waals surface area contributed by atoms with Gasteiger partial charge in [0.25, 0.3) is 5.91 Å². The molecule has 0 aliphatic carbocycles. The number of hydrogen-bond donors (Lipinski definition) is 1. The molecule has 0 saturated heterocycles. The van der Waals surface area contributed by atoms with Gasteiger partial charge in [-0.1, -0.05) is 18.5 Å². The summed E-state index contributed by atoms with van der Waals surface area (Å²) in [6.45, 7) is 7.01. The maximum Gasteiger partial charge on any atom is 0.266 e. The number of aromatic nitrogens is 4. The molecule has 0 bridgehead atoms. The van der Waals surface area contributed by atoms with Crippen molar-refractivity contribution in [1.82, 2.24) is 19.3 Å². The molecule has 0 aliphatic heterocycles. The Balaban J connectivity index is 1.93. The molecule has 3 aromatic rings. The summed E-state index contributed by atoms with van der Waals surface area (Å²) < 4.78 is 3.69. The average molecular weight is 409 g/mol. The van der Waals surface area contributed by atoms with E-state index in [0.29, 0.717) is 16.4 Å². The first kappa shape index (κ1) is 20.4. The second-order valence-electron chi connectivity index (χ2n) is 6.60. The van der Waals surface area contributed by atoms with Crippen LogP contribution in [0.4, 0.5) is 5.69 Å². The van der Waals surface area contributed by atoms with Gasteiger partial charge in [0.15, 0.2) is 0 Å². The van der Waals surface area contributed by atoms with Gasteiger partial charge >= 0.3 is 0 Å². The second-order valence-corrected chi connectivity index (χ2v) is 7.04. The van der Waals surface area contributed by atoms with Gasteiger partial charge in [0, 0.05) is 23.0 Å². The molecule has 3 rings (SSSR count). The van der Waals surface area contributed by atoms with Crippen LogP contribution >= 0.6 is 11.6 Å². The van der Waals surface area contributed by atoms with Gasteiger partial charge in [0.1, 0.15) is 24.3 Å². The number of halogens is 1. The Labute approximate surface area is 174 Å². The molecule has 29 heavy (non-hydrogen) atoms. The minimum atomic E-state index is -0.517. The number of benzene rings is 1. The van der Waals surface area contributed by atoms with E-state index >= 15 is 0 Å². The zero-order chi connectivity index (χ0) is 21.0. The maximum absolute atomic E-state index is 12.8. The Bertz CT molecular complexity index is 1110. The zero-order valence-electron chi connectivity index (χ0n) is 16.5. The molecule has 0 radical (unpaired) electrons. The third kappa shape index (κ3) is 4.39. The van der Waals surface area contributed by atoms with E-state index < -0.39 is 5.91 Å². The number of carbonyl (C=O) groups excluding carboxylic acids is 1. The third-order valence-electron chi connectivity index (χ3n) is 4.60. The summed E-state index contributed by atoms with van der Waals surface area (Å²) in [6, 6.07) is 9.01. The molecule has 0 fully saturated rings. The van der Waals surface area contributed by atoms with Crippen LogP contribution in [0.25, 0.3) is 11.8 Å². The monoisotopic (exact) mass is 408 g/mol. The highest BCUT2D eigenvalue weighted by atomic mass is 35.5. The molecular weight excluding hydrogens is 388 g/mol. The number of rotatable bonds is 6. The first-order chi connectivity index (χ1) is 13.9. The second kappa shape index (κ2) is 8.76. The number of nitrogens with zero attached hydrogens (tertiary/aromatic N) is 5. The number of amides is 1. The van der Waals surface area contributed by atoms with Crippen molar-refractivity contribution in [3.05, 3.63) is 64.5 Å². The molecule has 0 unspecified atom stereocenters. The van der Waals surface area contributed by atoms with E-state index in [1.54, 1.807) is 24.3 Å². The van der Waals surface area contributed by atoms with Crippen molar-refractivity contribution in [1.29, 1.82) is 5.26 Å². The van der Waals surface area contributed by atoms with Crippen molar-refractivity contribution >= 4 is 29.3 Å². The SMILES string of the molecule is CCCn1c(C)cc(/C=C(\C#N)C(=O)Nc2cc(Cl)ccc2-n2cncn2)c1C. The summed E-state index contributed by atoms with van der Waals surface area (Å²) in [6.07, 6.45) is 5.53. The summed E-state index contributed by atoms with van der Waals surface area (Å²) in [5.41, 5.74) is 4.01. The van der Waals surface area contributed by atoms with Crippen molar-refractivity contribution in [3.63, 3.8) is 0 Å². The molecule has 148 valence electrons. The first-order valence-corrected chi connectivity index (χ1v) is 9.56. The van der Waals surface area contributed by atoms with Crippen LogP contribution in [0.5, 0.6) is 0 Å². The van der Waals surface area contributed by atoms with Crippen molar-refractivity contribution in [2.45, 2.75) is 33.7 Å². The maximum atomic E-state index is 12.8. The predicted molar refractivity (Wildman–Crippen MR) is 113 cm³/mol. The van der Waals surface area contributed by atoms with Crippen LogP contribution in [0, 0.1) is 25.2 Å². The van der Waals surface area contributed by atoms with E-state index in [4.69, 9.17) is 11.6 Å². The summed E-state index contributed by atoms with van der Waals surface area (Å²) >= 11 is 6.10. The molecule has 0 saturated carbocycles. The Hall–Kier alpha value is -3.37. The molecule has 2 aromatic heterocycles. The molecular formula is C21H21ClN6O. The molecule has 8 heteroatoms. The Kier molecular flexibility index (Phi) is 6.15. The summed E-state index contributed by atoms with van der Waals surface area (Å²) in [4.78, 5) is 16.7. The fourth-order valence-electron chi connectivity index (χ4n) is 3.18. The van der Waals surface area contributed by atoms with Gasteiger partial charge in [-0.15, -0.1) is 0 Å². The lowest BCUT2D eigenvalue weighted by Crippen LogP contribution is -2.15. The van der Waals surface area contributed by atoms with Gasteiger partial charge in [-0.25, -0.2) is 9.67 Å². The van der Waals surface area contributed by atoms with Crippen molar-refractivity contribution < 1.29 is 4.79 Å². The first-order valence-electron chi connectivity index (χ1n) is 9.19. The van der Waals surface area contributed by atoms with E-state index in [2.05, 4.69) is 26.9 Å². The number of anilines is 1. The molecule has 7 nitrogen and oxygen atoms in total. The average Bonchev–Trinajstić information content (AvgIpc) is 3.31. The van der Waals surface area contributed by atoms with Crippen LogP contribution in [0.2, 0.25) is 5.02 Å². The largest absolute Gasteiger partial charge is 0.349 e. The van der Waals surface area contributed by atoms with E-state index in [1.807, 2.05) is 26.0 Å². The van der Waals surface area contributed by atoms with E-state index in [1.165, 1.54) is 17.3 Å². The van der Waals surface area contributed by atoms with Crippen LogP contribution in [-0.4, -0.2) is 25.2 Å². The Morgan fingerprint density at radius 2 is 2.14 bits per heavy atom. The van der Waals surface area contributed by atoms with Gasteiger partial charge in [-0.05, 0) is 56.2 Å². The van der Waals surface area contributed by atoms with Crippen LogP contribution in [0.1, 0.15) is 30.3 Å². The highest BCUT2D eigenvalue weighted by Crippen LogP contribution is 2.25. The summed E-state index contributed by atoms with van der Waals surface area (Å²) in [5, 5.41) is 16.9. The smallest absolute Gasteiger partial charge is 0.266 e. The van der Waals surface area contributed by atoms with Crippen molar-refractivity contribution in [2.24, 2.45) is 0 Å². The predicted octanol–water partition coefficient (Wildman–Crippen LogP) is 4.29. The highest BCUT2D eigenvalue weighted by Gasteiger charge is 2.15. The minimum Gasteiger partial charge on any atom is -0.349 e. The van der Waals surface area contributed by atoms with Crippen LogP contribution in [-0.2, 0) is 11.3 Å². The van der Waals surface area contributed by atoms with Crippen LogP contribution < -0.4 is 5.32 Å². The normalized spacial score (nSPS) is 11.3. The quantitative estimate of drug-likeness (QED) is 0.486. The van der Waals surface area contributed by atoms with Crippen molar-refractivity contribution in [2.75, 3.05) is 5.32 Å². The molecule has 0 spiro atoms. The lowest BCUT2D eigenvalue weighted by atomic mass is 10.1. The number of aryl methyl sites for hydroxylation is 1. The number of hydrogen-bond acceptors (Lipinski definition) is 4. The highest BCUT2D eigenvalue weighted by molar-refractivity contribution is 6.31. The Morgan fingerprint density at radius 1 is 1.34 bits per heavy atom. The van der Waals surface area contributed by atoms with Gasteiger partial charge < -0.3 is 9.88 Å². The third-order valence-corrected chi connectivity index (χ3v) is 4.83. The molecule has 1 N–H and O–H groups in total. The number of carbonyl (C=O) groups is 1. The number of nitriles is 1. The van der Waals surface area contributed by atoms with E-state index in [9.17, 15) is 10.1 Å². The Morgan fingerprint density at radius 3 is 2.79 bits per heavy atom. The van der Waals surface area contributed by atoms with Crippen molar-refractivity contribution in [3.8, 4) is 11.8 Å². The lowest BCUT2D eigenvalue weighted by Gasteiger charge is -2.11. The summed E-state index contributed by atoms with van der Waals surface area (Å²) in [7, 11) is 0.